The first-order valence-electron chi connectivity index (χ1n) is 6.97. The molecule has 1 aromatic rings. The Labute approximate surface area is 124 Å². The minimum absolute atomic E-state index is 0.146. The third-order valence-corrected chi connectivity index (χ3v) is 4.14. The number of aromatic nitrogens is 1. The maximum Gasteiger partial charge on any atom is 0.242 e. The predicted molar refractivity (Wildman–Crippen MR) is 80.6 cm³/mol. The van der Waals surface area contributed by atoms with E-state index in [2.05, 4.69) is 22.5 Å². The van der Waals surface area contributed by atoms with Crippen molar-refractivity contribution in [2.24, 2.45) is 0 Å². The lowest BCUT2D eigenvalue weighted by Gasteiger charge is -2.15. The Balaban J connectivity index is 2.57. The predicted octanol–water partition coefficient (Wildman–Crippen LogP) is 1.93. The highest BCUT2D eigenvalue weighted by Gasteiger charge is 2.17. The van der Waals surface area contributed by atoms with E-state index in [1.807, 2.05) is 13.8 Å². The zero-order valence-electron chi connectivity index (χ0n) is 12.6. The third kappa shape index (κ3) is 4.92. The van der Waals surface area contributed by atoms with Crippen LogP contribution in [0.3, 0.4) is 0 Å². The number of hydrogen-bond acceptors (Lipinski definition) is 4. The zero-order chi connectivity index (χ0) is 15.1. The van der Waals surface area contributed by atoms with Gasteiger partial charge in [-0.05, 0) is 26.2 Å². The van der Waals surface area contributed by atoms with E-state index in [-0.39, 0.29) is 11.8 Å². The maximum absolute atomic E-state index is 12.0. The second-order valence-corrected chi connectivity index (χ2v) is 5.91. The van der Waals surface area contributed by atoms with E-state index in [4.69, 9.17) is 0 Å². The Bertz CT molecular complexity index is 471. The van der Waals surface area contributed by atoms with Crippen LogP contribution in [0.2, 0.25) is 0 Å². The van der Waals surface area contributed by atoms with Crippen LogP contribution in [0.4, 0.5) is 0 Å². The number of carbonyl (C=O) groups is 2. The quantitative estimate of drug-likeness (QED) is 0.808. The molecule has 1 atom stereocenters. The Hall–Kier alpha value is -1.43. The minimum atomic E-state index is -0.462. The molecule has 1 rings (SSSR count). The monoisotopic (exact) mass is 297 g/mol. The Kier molecular flexibility index (Phi) is 6.64. The molecule has 0 aromatic carbocycles. The molecule has 5 nitrogen and oxygen atoms in total. The van der Waals surface area contributed by atoms with Crippen molar-refractivity contribution in [3.63, 3.8) is 0 Å². The van der Waals surface area contributed by atoms with Gasteiger partial charge in [0.15, 0.2) is 0 Å². The second kappa shape index (κ2) is 7.99. The van der Waals surface area contributed by atoms with Crippen LogP contribution in [0.5, 0.6) is 0 Å². The van der Waals surface area contributed by atoms with E-state index < -0.39 is 6.04 Å². The molecular weight excluding hydrogens is 274 g/mol. The topological polar surface area (TPSA) is 71.1 Å². The normalized spacial score (nSPS) is 12.0. The van der Waals surface area contributed by atoms with Gasteiger partial charge in [0, 0.05) is 11.8 Å². The number of hydrogen-bond donors (Lipinski definition) is 2. The Morgan fingerprint density at radius 3 is 2.60 bits per heavy atom. The first-order chi connectivity index (χ1) is 9.47. The summed E-state index contributed by atoms with van der Waals surface area (Å²) in [4.78, 5) is 28.6. The van der Waals surface area contributed by atoms with Gasteiger partial charge in [0.2, 0.25) is 11.8 Å². The van der Waals surface area contributed by atoms with Crippen molar-refractivity contribution in [2.75, 3.05) is 0 Å². The van der Waals surface area contributed by atoms with Crippen LogP contribution in [0.1, 0.15) is 49.2 Å². The van der Waals surface area contributed by atoms with E-state index >= 15 is 0 Å². The van der Waals surface area contributed by atoms with Gasteiger partial charge in [-0.25, -0.2) is 4.98 Å². The Morgan fingerprint density at radius 2 is 2.05 bits per heavy atom. The van der Waals surface area contributed by atoms with Gasteiger partial charge in [0.05, 0.1) is 17.2 Å². The minimum Gasteiger partial charge on any atom is -0.349 e. The highest BCUT2D eigenvalue weighted by molar-refractivity contribution is 7.11. The fraction of sp³-hybridized carbons (Fsp3) is 0.643. The van der Waals surface area contributed by atoms with Gasteiger partial charge in [-0.3, -0.25) is 9.59 Å². The average molecular weight is 297 g/mol. The summed E-state index contributed by atoms with van der Waals surface area (Å²) in [5, 5.41) is 6.62. The largest absolute Gasteiger partial charge is 0.349 e. The van der Waals surface area contributed by atoms with E-state index in [1.54, 1.807) is 11.3 Å². The van der Waals surface area contributed by atoms with Crippen molar-refractivity contribution < 1.29 is 9.59 Å². The lowest BCUT2D eigenvalue weighted by atomic mass is 10.2. The molecule has 0 bridgehead atoms. The lowest BCUT2D eigenvalue weighted by Crippen LogP contribution is -2.45. The second-order valence-electron chi connectivity index (χ2n) is 4.75. The van der Waals surface area contributed by atoms with E-state index in [0.29, 0.717) is 13.0 Å². The molecule has 1 unspecified atom stereocenters. The number of aryl methyl sites for hydroxylation is 2. The fourth-order valence-corrected chi connectivity index (χ4v) is 2.97. The summed E-state index contributed by atoms with van der Waals surface area (Å²) in [7, 11) is 0. The van der Waals surface area contributed by atoms with Gasteiger partial charge in [-0.15, -0.1) is 11.3 Å². The number of carbonyl (C=O) groups excluding carboxylic acids is 2. The van der Waals surface area contributed by atoms with Crippen molar-refractivity contribution in [3.05, 3.63) is 15.6 Å². The summed E-state index contributed by atoms with van der Waals surface area (Å²) >= 11 is 1.65. The molecule has 0 aliphatic heterocycles. The van der Waals surface area contributed by atoms with Crippen LogP contribution >= 0.6 is 11.3 Å². The third-order valence-electron chi connectivity index (χ3n) is 2.93. The van der Waals surface area contributed by atoms with Crippen LogP contribution in [-0.2, 0) is 22.6 Å². The molecule has 0 fully saturated rings. The lowest BCUT2D eigenvalue weighted by molar-refractivity contribution is -0.128. The van der Waals surface area contributed by atoms with Crippen molar-refractivity contribution >= 4 is 23.2 Å². The summed E-state index contributed by atoms with van der Waals surface area (Å²) in [5.41, 5.74) is 0.978. The molecule has 0 radical (unpaired) electrons. The van der Waals surface area contributed by atoms with Crippen molar-refractivity contribution in [3.8, 4) is 0 Å². The maximum atomic E-state index is 12.0. The smallest absolute Gasteiger partial charge is 0.242 e. The molecule has 0 saturated heterocycles. The van der Waals surface area contributed by atoms with E-state index in [1.165, 1.54) is 6.92 Å². The van der Waals surface area contributed by atoms with Crippen LogP contribution in [-0.4, -0.2) is 22.8 Å². The summed E-state index contributed by atoms with van der Waals surface area (Å²) in [6.45, 7) is 7.85. The van der Waals surface area contributed by atoms with Crippen molar-refractivity contribution in [1.29, 1.82) is 0 Å². The molecule has 112 valence electrons. The summed E-state index contributed by atoms with van der Waals surface area (Å²) < 4.78 is 0. The summed E-state index contributed by atoms with van der Waals surface area (Å²) in [5.74, 6) is -0.334. The van der Waals surface area contributed by atoms with Gasteiger partial charge in [-0.1, -0.05) is 13.8 Å². The van der Waals surface area contributed by atoms with E-state index in [0.717, 1.165) is 28.4 Å². The number of nitrogens with zero attached hydrogens (tertiary/aromatic N) is 1. The molecule has 2 N–H and O–H groups in total. The van der Waals surface area contributed by atoms with Gasteiger partial charge in [0.1, 0.15) is 6.04 Å². The number of amides is 2. The van der Waals surface area contributed by atoms with Gasteiger partial charge >= 0.3 is 0 Å². The number of thiazole rings is 1. The van der Waals surface area contributed by atoms with Crippen LogP contribution in [0, 0.1) is 6.92 Å². The van der Waals surface area contributed by atoms with Crippen molar-refractivity contribution in [1.82, 2.24) is 15.6 Å². The van der Waals surface area contributed by atoms with Crippen LogP contribution in [0.25, 0.3) is 0 Å². The van der Waals surface area contributed by atoms with E-state index in [9.17, 15) is 9.59 Å². The standard InChI is InChI=1S/C14H23N3O2S/c1-5-7-13-16-9(3)12(20-13)8-15-14(19)11(6-2)17-10(4)18/h11H,5-8H2,1-4H3,(H,15,19)(H,17,18). The Morgan fingerprint density at radius 1 is 1.35 bits per heavy atom. The molecule has 0 aliphatic rings. The molecule has 0 aliphatic carbocycles. The molecule has 1 heterocycles. The van der Waals surface area contributed by atoms with Gasteiger partial charge < -0.3 is 10.6 Å². The molecule has 0 spiro atoms. The first kappa shape index (κ1) is 16.6. The fourth-order valence-electron chi connectivity index (χ4n) is 1.86. The molecular formula is C14H23N3O2S. The SMILES string of the molecule is CCCc1nc(C)c(CNC(=O)C(CC)NC(C)=O)s1. The molecule has 6 heteroatoms. The zero-order valence-corrected chi connectivity index (χ0v) is 13.4. The molecule has 1 aromatic heterocycles. The molecule has 2 amide bonds. The van der Waals surface area contributed by atoms with Crippen molar-refractivity contribution in [2.45, 2.75) is 59.5 Å². The number of nitrogens with one attached hydrogen (secondary N) is 2. The molecule has 20 heavy (non-hydrogen) atoms. The summed E-state index contributed by atoms with van der Waals surface area (Å²) in [6, 6.07) is -0.462. The number of rotatable bonds is 7. The van der Waals surface area contributed by atoms with Gasteiger partial charge in [-0.2, -0.15) is 0 Å². The molecule has 0 saturated carbocycles. The highest BCUT2D eigenvalue weighted by atomic mass is 32.1. The first-order valence-corrected chi connectivity index (χ1v) is 7.79. The average Bonchev–Trinajstić information content (AvgIpc) is 2.73. The summed E-state index contributed by atoms with van der Waals surface area (Å²) in [6.07, 6.45) is 2.62. The van der Waals surface area contributed by atoms with Crippen LogP contribution < -0.4 is 10.6 Å². The highest BCUT2D eigenvalue weighted by Crippen LogP contribution is 2.19. The van der Waals surface area contributed by atoms with Crippen LogP contribution in [0.15, 0.2) is 0 Å². The van der Waals surface area contributed by atoms with Gasteiger partial charge in [0.25, 0.3) is 0 Å².